The second kappa shape index (κ2) is 13.3. The maximum Gasteiger partial charge on any atom is 0.343 e. The van der Waals surface area contributed by atoms with Crippen molar-refractivity contribution < 1.29 is 33.5 Å². The second-order valence-electron chi connectivity index (χ2n) is 8.57. The molecule has 0 fully saturated rings. The van der Waals surface area contributed by atoms with Crippen LogP contribution < -0.4 is 25.0 Å². The molecule has 0 atom stereocenters. The number of carbonyl (C=O) groups is 3. The van der Waals surface area contributed by atoms with Gasteiger partial charge < -0.3 is 19.5 Å². The van der Waals surface area contributed by atoms with E-state index in [0.29, 0.717) is 22.6 Å². The van der Waals surface area contributed by atoms with E-state index >= 15 is 0 Å². The van der Waals surface area contributed by atoms with Crippen molar-refractivity contribution in [3.63, 3.8) is 0 Å². The normalized spacial score (nSPS) is 10.5. The van der Waals surface area contributed by atoms with E-state index < -0.39 is 22.7 Å². The van der Waals surface area contributed by atoms with Gasteiger partial charge in [-0.15, -0.1) is 0 Å². The quantitative estimate of drug-likeness (QED) is 0.0903. The van der Waals surface area contributed by atoms with Crippen LogP contribution >= 0.6 is 0 Å². The number of methoxy groups -OCH3 is 2. The Balaban J connectivity index is 1.36. The summed E-state index contributed by atoms with van der Waals surface area (Å²) in [5, 5.41) is 17.4. The van der Waals surface area contributed by atoms with Gasteiger partial charge in [0.1, 0.15) is 5.75 Å². The molecular weight excluding hydrogens is 544 g/mol. The molecule has 0 spiro atoms. The molecule has 12 nitrogen and oxygen atoms in total. The van der Waals surface area contributed by atoms with Gasteiger partial charge in [-0.1, -0.05) is 6.07 Å². The minimum atomic E-state index is -0.573. The summed E-state index contributed by atoms with van der Waals surface area (Å²) in [6.07, 6.45) is 1.38. The van der Waals surface area contributed by atoms with Gasteiger partial charge in [0.15, 0.2) is 11.5 Å². The third-order valence-electron chi connectivity index (χ3n) is 5.82. The highest BCUT2D eigenvalue weighted by atomic mass is 16.6. The lowest BCUT2D eigenvalue weighted by atomic mass is 10.1. The van der Waals surface area contributed by atoms with Crippen LogP contribution in [0, 0.1) is 10.1 Å². The molecule has 2 N–H and O–H groups in total. The van der Waals surface area contributed by atoms with Gasteiger partial charge >= 0.3 is 5.97 Å². The Bertz CT molecular complexity index is 1650. The summed E-state index contributed by atoms with van der Waals surface area (Å²) in [4.78, 5) is 47.9. The first-order valence-corrected chi connectivity index (χ1v) is 12.3. The van der Waals surface area contributed by atoms with E-state index in [2.05, 4.69) is 15.8 Å². The zero-order valence-electron chi connectivity index (χ0n) is 22.4. The van der Waals surface area contributed by atoms with Crippen LogP contribution in [0.1, 0.15) is 36.6 Å². The summed E-state index contributed by atoms with van der Waals surface area (Å²) in [5.74, 6) is -0.507. The summed E-state index contributed by atoms with van der Waals surface area (Å²) < 4.78 is 15.9. The Morgan fingerprint density at radius 3 is 2.17 bits per heavy atom. The molecule has 0 unspecified atom stereocenters. The molecule has 12 heteroatoms. The first kappa shape index (κ1) is 29.0. The van der Waals surface area contributed by atoms with Crippen LogP contribution in [0.25, 0.3) is 0 Å². The first-order chi connectivity index (χ1) is 20.3. The maximum absolute atomic E-state index is 12.6. The Kier molecular flexibility index (Phi) is 9.20. The van der Waals surface area contributed by atoms with E-state index in [9.17, 15) is 24.5 Å². The van der Waals surface area contributed by atoms with Gasteiger partial charge in [-0.25, -0.2) is 10.2 Å². The van der Waals surface area contributed by atoms with Crippen LogP contribution in [0.3, 0.4) is 0 Å². The molecular formula is C30H24N4O8. The molecule has 42 heavy (non-hydrogen) atoms. The van der Waals surface area contributed by atoms with E-state index in [0.717, 1.165) is 0 Å². The summed E-state index contributed by atoms with van der Waals surface area (Å²) >= 11 is 0. The number of ether oxygens (including phenoxy) is 3. The monoisotopic (exact) mass is 568 g/mol. The third-order valence-corrected chi connectivity index (χ3v) is 5.82. The van der Waals surface area contributed by atoms with Crippen LogP contribution in [0.5, 0.6) is 17.2 Å². The Labute approximate surface area is 239 Å². The van der Waals surface area contributed by atoms with Crippen LogP contribution in [0.2, 0.25) is 0 Å². The number of hydrogen-bond donors (Lipinski definition) is 2. The van der Waals surface area contributed by atoms with Gasteiger partial charge in [-0.3, -0.25) is 19.7 Å². The van der Waals surface area contributed by atoms with E-state index in [1.165, 1.54) is 50.8 Å². The van der Waals surface area contributed by atoms with Crippen LogP contribution in [-0.2, 0) is 0 Å². The van der Waals surface area contributed by atoms with Crippen molar-refractivity contribution in [1.82, 2.24) is 5.43 Å². The lowest BCUT2D eigenvalue weighted by molar-refractivity contribution is -0.384. The smallest absolute Gasteiger partial charge is 0.343 e. The molecule has 212 valence electrons. The lowest BCUT2D eigenvalue weighted by Gasteiger charge is -2.10. The number of hydrazone groups is 1. The number of nitro groups is 1. The average Bonchev–Trinajstić information content (AvgIpc) is 3.01. The summed E-state index contributed by atoms with van der Waals surface area (Å²) in [7, 11) is 2.96. The van der Waals surface area contributed by atoms with Gasteiger partial charge in [-0.2, -0.15) is 5.10 Å². The number of nitro benzene ring substituents is 1. The fourth-order valence-electron chi connectivity index (χ4n) is 3.64. The molecule has 2 amide bonds. The highest BCUT2D eigenvalue weighted by Crippen LogP contribution is 2.28. The lowest BCUT2D eigenvalue weighted by Crippen LogP contribution is -2.18. The number of hydrogen-bond acceptors (Lipinski definition) is 9. The molecule has 0 heterocycles. The SMILES string of the molecule is COc1ccc(C(=O)Oc2ccc(C=NNC(=O)c3cccc(NC(=O)c4ccc([N+](=O)[O-])cc4)c3)cc2OC)cc1. The molecule has 4 rings (SSSR count). The number of benzene rings is 4. The number of nitrogens with zero attached hydrogens (tertiary/aromatic N) is 2. The standard InChI is InChI=1S/C30H24N4O8/c1-40-25-13-9-21(10-14-25)30(37)42-26-15-6-19(16-27(26)41-2)18-31-33-29(36)22-4-3-5-23(17-22)32-28(35)20-7-11-24(12-8-20)34(38)39/h3-18H,1-2H3,(H,32,35)(H,33,36). The van der Waals surface area contributed by atoms with Crippen LogP contribution in [0.15, 0.2) is 96.1 Å². The third kappa shape index (κ3) is 7.33. The predicted molar refractivity (Wildman–Crippen MR) is 153 cm³/mol. The van der Waals surface area contributed by atoms with E-state index in [4.69, 9.17) is 14.2 Å². The molecule has 0 bridgehead atoms. The van der Waals surface area contributed by atoms with Gasteiger partial charge in [0.25, 0.3) is 17.5 Å². The number of esters is 1. The van der Waals surface area contributed by atoms with E-state index in [1.807, 2.05) is 0 Å². The van der Waals surface area contributed by atoms with E-state index in [1.54, 1.807) is 60.7 Å². The zero-order chi connectivity index (χ0) is 30.1. The van der Waals surface area contributed by atoms with Crippen molar-refractivity contribution in [2.24, 2.45) is 5.10 Å². The molecule has 0 aliphatic rings. The number of non-ortho nitro benzene ring substituents is 1. The summed E-state index contributed by atoms with van der Waals surface area (Å²) in [5.41, 5.74) is 3.96. The van der Waals surface area contributed by atoms with Gasteiger partial charge in [0, 0.05) is 28.9 Å². The Morgan fingerprint density at radius 1 is 0.786 bits per heavy atom. The van der Waals surface area contributed by atoms with Crippen molar-refractivity contribution in [2.75, 3.05) is 19.5 Å². The van der Waals surface area contributed by atoms with E-state index in [-0.39, 0.29) is 28.3 Å². The number of amides is 2. The molecule has 0 saturated heterocycles. The van der Waals surface area contributed by atoms with Crippen LogP contribution in [-0.4, -0.2) is 43.1 Å². The molecule has 0 aliphatic carbocycles. The Hall–Kier alpha value is -6.04. The number of anilines is 1. The largest absolute Gasteiger partial charge is 0.497 e. The average molecular weight is 569 g/mol. The molecule has 0 saturated carbocycles. The molecule has 0 aliphatic heterocycles. The van der Waals surface area contributed by atoms with Crippen molar-refractivity contribution in [3.8, 4) is 17.2 Å². The number of carbonyl (C=O) groups excluding carboxylic acids is 3. The van der Waals surface area contributed by atoms with Gasteiger partial charge in [0.2, 0.25) is 0 Å². The van der Waals surface area contributed by atoms with Crippen molar-refractivity contribution >= 4 is 35.4 Å². The summed E-state index contributed by atoms with van der Waals surface area (Å²) in [6, 6.07) is 22.5. The van der Waals surface area contributed by atoms with Crippen molar-refractivity contribution in [3.05, 3.63) is 123 Å². The number of rotatable bonds is 10. The molecule has 0 radical (unpaired) electrons. The van der Waals surface area contributed by atoms with Gasteiger partial charge in [-0.05, 0) is 78.4 Å². The fraction of sp³-hybridized carbons (Fsp3) is 0.0667. The van der Waals surface area contributed by atoms with Gasteiger partial charge in [0.05, 0.1) is 30.9 Å². The highest BCUT2D eigenvalue weighted by molar-refractivity contribution is 6.05. The maximum atomic E-state index is 12.6. The minimum absolute atomic E-state index is 0.131. The fourth-order valence-corrected chi connectivity index (χ4v) is 3.64. The Morgan fingerprint density at radius 2 is 1.50 bits per heavy atom. The predicted octanol–water partition coefficient (Wildman–Crippen LogP) is 4.85. The zero-order valence-corrected chi connectivity index (χ0v) is 22.4. The van der Waals surface area contributed by atoms with Crippen molar-refractivity contribution in [1.29, 1.82) is 0 Å². The molecule has 4 aromatic carbocycles. The van der Waals surface area contributed by atoms with Crippen LogP contribution in [0.4, 0.5) is 11.4 Å². The number of nitrogens with one attached hydrogen (secondary N) is 2. The molecule has 0 aromatic heterocycles. The van der Waals surface area contributed by atoms with Crippen molar-refractivity contribution in [2.45, 2.75) is 0 Å². The minimum Gasteiger partial charge on any atom is -0.497 e. The summed E-state index contributed by atoms with van der Waals surface area (Å²) in [6.45, 7) is 0. The second-order valence-corrected chi connectivity index (χ2v) is 8.57. The topological polar surface area (TPSA) is 158 Å². The molecule has 4 aromatic rings. The highest BCUT2D eigenvalue weighted by Gasteiger charge is 2.14. The first-order valence-electron chi connectivity index (χ1n) is 12.3.